The molecule has 1 unspecified atom stereocenters. The first-order valence-corrected chi connectivity index (χ1v) is 7.51. The fraction of sp³-hybridized carbons (Fsp3) is 0.500. The minimum absolute atomic E-state index is 0.0509. The third-order valence-electron chi connectivity index (χ3n) is 3.07. The molecule has 0 saturated heterocycles. The number of rotatable bonds is 6. The Bertz CT molecular complexity index is 657. The van der Waals surface area contributed by atoms with Crippen molar-refractivity contribution in [3.8, 4) is 0 Å². The number of benzene rings is 1. The molecule has 0 saturated carbocycles. The van der Waals surface area contributed by atoms with Crippen LogP contribution in [0.25, 0.3) is 0 Å². The van der Waals surface area contributed by atoms with Crippen LogP contribution in [0.3, 0.4) is 0 Å². The second-order valence-electron chi connectivity index (χ2n) is 6.36. The Morgan fingerprint density at radius 3 is 2.52 bits per heavy atom. The van der Waals surface area contributed by atoms with Crippen molar-refractivity contribution >= 4 is 17.7 Å². The van der Waals surface area contributed by atoms with E-state index in [4.69, 9.17) is 4.74 Å². The summed E-state index contributed by atoms with van der Waals surface area (Å²) in [7, 11) is 1.18. The van der Waals surface area contributed by atoms with Crippen LogP contribution in [0.4, 0.5) is 14.9 Å². The van der Waals surface area contributed by atoms with Gasteiger partial charge in [0.1, 0.15) is 11.4 Å². The van der Waals surface area contributed by atoms with Crippen LogP contribution in [0.15, 0.2) is 18.2 Å². The van der Waals surface area contributed by atoms with Crippen LogP contribution in [0.1, 0.15) is 32.8 Å². The van der Waals surface area contributed by atoms with Crippen molar-refractivity contribution < 1.29 is 28.4 Å². The van der Waals surface area contributed by atoms with Crippen LogP contribution in [0.2, 0.25) is 0 Å². The molecule has 8 nitrogen and oxygen atoms in total. The summed E-state index contributed by atoms with van der Waals surface area (Å²) in [6, 6.07) is 2.15. The molecule has 1 aromatic carbocycles. The predicted octanol–water partition coefficient (Wildman–Crippen LogP) is 2.73. The number of carbonyl (C=O) groups excluding carboxylic acids is 2. The molecule has 0 radical (unpaired) electrons. The lowest BCUT2D eigenvalue weighted by Crippen LogP contribution is -2.41. The highest BCUT2D eigenvalue weighted by molar-refractivity contribution is 5.73. The van der Waals surface area contributed by atoms with E-state index in [1.807, 2.05) is 0 Å². The van der Waals surface area contributed by atoms with E-state index in [0.717, 1.165) is 18.2 Å². The van der Waals surface area contributed by atoms with Gasteiger partial charge in [-0.3, -0.25) is 14.9 Å². The SMILES string of the molecule is COC(=O)CC(Cc1cc(F)ccc1[N+](=O)[O-])NC(=O)OC(C)(C)C. The third kappa shape index (κ3) is 7.15. The molecule has 0 fully saturated rings. The van der Waals surface area contributed by atoms with Gasteiger partial charge in [-0.2, -0.15) is 0 Å². The second-order valence-corrected chi connectivity index (χ2v) is 6.36. The number of halogens is 1. The van der Waals surface area contributed by atoms with Crippen LogP contribution in [-0.2, 0) is 20.7 Å². The number of methoxy groups -OCH3 is 1. The molecule has 25 heavy (non-hydrogen) atoms. The number of nitrogens with one attached hydrogen (secondary N) is 1. The second kappa shape index (κ2) is 8.41. The highest BCUT2D eigenvalue weighted by atomic mass is 19.1. The quantitative estimate of drug-likeness (QED) is 0.477. The summed E-state index contributed by atoms with van der Waals surface area (Å²) >= 11 is 0. The zero-order chi connectivity index (χ0) is 19.2. The van der Waals surface area contributed by atoms with E-state index in [0.29, 0.717) is 0 Å². The Morgan fingerprint density at radius 1 is 1.36 bits per heavy atom. The molecule has 0 aliphatic heterocycles. The molecule has 0 aliphatic carbocycles. The van der Waals surface area contributed by atoms with Gasteiger partial charge in [0, 0.05) is 24.1 Å². The molecule has 0 bridgehead atoms. The predicted molar refractivity (Wildman–Crippen MR) is 86.5 cm³/mol. The van der Waals surface area contributed by atoms with Crippen LogP contribution in [-0.4, -0.2) is 35.7 Å². The van der Waals surface area contributed by atoms with Crippen molar-refractivity contribution in [3.05, 3.63) is 39.7 Å². The van der Waals surface area contributed by atoms with Crippen molar-refractivity contribution in [2.24, 2.45) is 0 Å². The molecule has 0 spiro atoms. The number of hydrogen-bond donors (Lipinski definition) is 1. The largest absolute Gasteiger partial charge is 0.469 e. The molecular weight excluding hydrogens is 335 g/mol. The summed E-state index contributed by atoms with van der Waals surface area (Å²) in [4.78, 5) is 33.9. The van der Waals surface area contributed by atoms with Gasteiger partial charge in [-0.25, -0.2) is 9.18 Å². The van der Waals surface area contributed by atoms with Gasteiger partial charge in [-0.1, -0.05) is 0 Å². The first-order valence-electron chi connectivity index (χ1n) is 7.51. The van der Waals surface area contributed by atoms with Crippen LogP contribution < -0.4 is 5.32 Å². The number of esters is 1. The van der Waals surface area contributed by atoms with Crippen molar-refractivity contribution in [3.63, 3.8) is 0 Å². The summed E-state index contributed by atoms with van der Waals surface area (Å²) in [5.41, 5.74) is -1.01. The normalized spacial score (nSPS) is 12.2. The summed E-state index contributed by atoms with van der Waals surface area (Å²) in [5.74, 6) is -1.28. The van der Waals surface area contributed by atoms with Gasteiger partial charge in [0.05, 0.1) is 18.5 Å². The molecule has 1 rings (SSSR count). The Balaban J connectivity index is 3.01. The van der Waals surface area contributed by atoms with Crippen molar-refractivity contribution in [1.82, 2.24) is 5.32 Å². The van der Waals surface area contributed by atoms with Crippen molar-refractivity contribution in [2.75, 3.05) is 7.11 Å². The van der Waals surface area contributed by atoms with E-state index in [2.05, 4.69) is 10.1 Å². The van der Waals surface area contributed by atoms with Gasteiger partial charge in [-0.15, -0.1) is 0 Å². The molecule has 0 aliphatic rings. The molecule has 9 heteroatoms. The lowest BCUT2D eigenvalue weighted by atomic mass is 10.0. The Kier molecular flexibility index (Phi) is 6.84. The fourth-order valence-corrected chi connectivity index (χ4v) is 2.09. The Labute approximate surface area is 144 Å². The van der Waals surface area contributed by atoms with Gasteiger partial charge in [0.2, 0.25) is 0 Å². The molecule has 1 amide bonds. The maximum Gasteiger partial charge on any atom is 0.407 e. The maximum absolute atomic E-state index is 13.4. The summed E-state index contributed by atoms with van der Waals surface area (Å²) < 4.78 is 23.1. The fourth-order valence-electron chi connectivity index (χ4n) is 2.09. The number of carbonyl (C=O) groups is 2. The van der Waals surface area contributed by atoms with Gasteiger partial charge in [-0.05, 0) is 32.9 Å². The minimum Gasteiger partial charge on any atom is -0.469 e. The summed E-state index contributed by atoms with van der Waals surface area (Å²) in [6.07, 6.45) is -1.17. The van der Waals surface area contributed by atoms with E-state index in [1.54, 1.807) is 20.8 Å². The first kappa shape index (κ1) is 20.3. The van der Waals surface area contributed by atoms with E-state index in [1.165, 1.54) is 7.11 Å². The number of alkyl carbamates (subject to hydrolysis) is 1. The zero-order valence-corrected chi connectivity index (χ0v) is 14.5. The first-order chi connectivity index (χ1) is 11.5. The van der Waals surface area contributed by atoms with Gasteiger partial charge in [0.15, 0.2) is 0 Å². The number of nitrogens with zero attached hydrogens (tertiary/aromatic N) is 1. The molecule has 138 valence electrons. The van der Waals surface area contributed by atoms with Gasteiger partial charge in [0.25, 0.3) is 5.69 Å². The molecular formula is C16H21FN2O6. The van der Waals surface area contributed by atoms with Crippen molar-refractivity contribution in [2.45, 2.75) is 45.3 Å². The summed E-state index contributed by atoms with van der Waals surface area (Å²) in [5, 5.41) is 13.5. The smallest absolute Gasteiger partial charge is 0.407 e. The molecule has 0 aromatic heterocycles. The van der Waals surface area contributed by atoms with E-state index in [-0.39, 0.29) is 24.1 Å². The number of ether oxygens (including phenoxy) is 2. The zero-order valence-electron chi connectivity index (χ0n) is 14.5. The maximum atomic E-state index is 13.4. The number of hydrogen-bond acceptors (Lipinski definition) is 6. The Hall–Kier alpha value is -2.71. The average molecular weight is 356 g/mol. The lowest BCUT2D eigenvalue weighted by molar-refractivity contribution is -0.385. The van der Waals surface area contributed by atoms with Crippen molar-refractivity contribution in [1.29, 1.82) is 0 Å². The third-order valence-corrected chi connectivity index (χ3v) is 3.07. The molecule has 0 heterocycles. The van der Waals surface area contributed by atoms with E-state index >= 15 is 0 Å². The number of amides is 1. The number of nitro benzene ring substituents is 1. The lowest BCUT2D eigenvalue weighted by Gasteiger charge is -2.23. The topological polar surface area (TPSA) is 108 Å². The van der Waals surface area contributed by atoms with E-state index in [9.17, 15) is 24.1 Å². The average Bonchev–Trinajstić information content (AvgIpc) is 2.44. The van der Waals surface area contributed by atoms with Gasteiger partial charge < -0.3 is 14.8 Å². The van der Waals surface area contributed by atoms with Crippen LogP contribution in [0, 0.1) is 15.9 Å². The van der Waals surface area contributed by atoms with Gasteiger partial charge >= 0.3 is 12.1 Å². The molecule has 1 aromatic rings. The monoisotopic (exact) mass is 356 g/mol. The highest BCUT2D eigenvalue weighted by Gasteiger charge is 2.25. The van der Waals surface area contributed by atoms with Crippen LogP contribution in [0.5, 0.6) is 0 Å². The standard InChI is InChI=1S/C16H21FN2O6/c1-16(2,3)25-15(21)18-12(9-14(20)24-4)8-10-7-11(17)5-6-13(10)19(22)23/h5-7,12H,8-9H2,1-4H3,(H,18,21). The minimum atomic E-state index is -0.859. The highest BCUT2D eigenvalue weighted by Crippen LogP contribution is 2.22. The molecule has 1 N–H and O–H groups in total. The Morgan fingerprint density at radius 2 is 2.00 bits per heavy atom. The van der Waals surface area contributed by atoms with E-state index < -0.39 is 34.4 Å². The molecule has 1 atom stereocenters. The summed E-state index contributed by atoms with van der Waals surface area (Å²) in [6.45, 7) is 5.00. The number of nitro groups is 1. The van der Waals surface area contributed by atoms with Crippen LogP contribution >= 0.6 is 0 Å².